The molecule has 10 radical (unpaired) electrons. The van der Waals surface area contributed by atoms with Crippen LogP contribution in [0, 0.1) is 76.5 Å². The molecule has 5 nitrogen and oxygen atoms in total. The van der Waals surface area contributed by atoms with Gasteiger partial charge >= 0.3 is 23.0 Å². The third kappa shape index (κ3) is 6.36. The average Bonchev–Trinajstić information content (AvgIpc) is 3.52. The first-order valence-corrected chi connectivity index (χ1v) is 10.5. The molecule has 6 heteroatoms. The number of amides is 1. The van der Waals surface area contributed by atoms with Crippen molar-refractivity contribution in [3.05, 3.63) is 93.5 Å². The SMILES string of the molecule is COC(=O)[C@H](C(C)C)N1CN(c2ccc(C)cc2)C(=O)[C@H]1[C]1[CH][CH][CH][CH]1.[CH]1[CH][CH][CH][CH]1.[Fe+2]. The van der Waals surface area contributed by atoms with E-state index in [-0.39, 0.29) is 34.9 Å². The number of carbonyl (C=O) groups is 2. The van der Waals surface area contributed by atoms with E-state index in [0.29, 0.717) is 6.67 Å². The number of aryl methyl sites for hydroxylation is 1. The van der Waals surface area contributed by atoms with E-state index < -0.39 is 12.1 Å². The fraction of sp³-hybridized carbons (Fsp3) is 0.308. The average molecular weight is 474 g/mol. The number of hydrogen-bond donors (Lipinski definition) is 0. The van der Waals surface area contributed by atoms with E-state index in [2.05, 4.69) is 0 Å². The van der Waals surface area contributed by atoms with E-state index in [1.54, 1.807) is 4.90 Å². The Morgan fingerprint density at radius 1 is 0.969 bits per heavy atom. The number of esters is 1. The number of carbonyl (C=O) groups excluding carboxylic acids is 2. The maximum absolute atomic E-state index is 13.3. The number of benzene rings is 1. The fourth-order valence-corrected chi connectivity index (χ4v) is 3.92. The molecule has 1 aliphatic heterocycles. The van der Waals surface area contributed by atoms with Crippen molar-refractivity contribution in [1.29, 1.82) is 0 Å². The Labute approximate surface area is 204 Å². The Morgan fingerprint density at radius 3 is 1.97 bits per heavy atom. The summed E-state index contributed by atoms with van der Waals surface area (Å²) in [6, 6.07) is 6.89. The molecule has 2 atom stereocenters. The van der Waals surface area contributed by atoms with Gasteiger partial charge in [-0.05, 0) is 82.8 Å². The van der Waals surface area contributed by atoms with Gasteiger partial charge in [-0.3, -0.25) is 19.4 Å². The second-order valence-corrected chi connectivity index (χ2v) is 8.05. The van der Waals surface area contributed by atoms with Gasteiger partial charge in [-0.2, -0.15) is 0 Å². The monoisotopic (exact) mass is 474 g/mol. The molecule has 3 aliphatic rings. The molecule has 1 saturated heterocycles. The van der Waals surface area contributed by atoms with Crippen molar-refractivity contribution >= 4 is 17.6 Å². The van der Waals surface area contributed by atoms with E-state index >= 15 is 0 Å². The van der Waals surface area contributed by atoms with Crippen LogP contribution >= 0.6 is 0 Å². The maximum Gasteiger partial charge on any atom is 2.00 e. The molecule has 2 saturated carbocycles. The quantitative estimate of drug-likeness (QED) is 0.484. The molecule has 168 valence electrons. The number of ether oxygens (including phenoxy) is 1. The van der Waals surface area contributed by atoms with Gasteiger partial charge in [0.15, 0.2) is 0 Å². The largest absolute Gasteiger partial charge is 2.00 e. The van der Waals surface area contributed by atoms with Gasteiger partial charge in [0.2, 0.25) is 5.91 Å². The van der Waals surface area contributed by atoms with Crippen LogP contribution in [-0.2, 0) is 31.4 Å². The second kappa shape index (κ2) is 12.8. The first kappa shape index (κ1) is 26.9. The van der Waals surface area contributed by atoms with Crippen LogP contribution in [0.5, 0.6) is 0 Å². The molecule has 1 aromatic rings. The Kier molecular flexibility index (Phi) is 10.7. The van der Waals surface area contributed by atoms with Crippen molar-refractivity contribution in [3.8, 4) is 0 Å². The third-order valence-electron chi connectivity index (χ3n) is 5.47. The van der Waals surface area contributed by atoms with E-state index in [9.17, 15) is 9.59 Å². The minimum atomic E-state index is -0.488. The summed E-state index contributed by atoms with van der Waals surface area (Å²) in [5.74, 6) is 0.592. The molecule has 3 fully saturated rings. The van der Waals surface area contributed by atoms with E-state index in [1.807, 2.05) is 108 Å². The zero-order valence-electron chi connectivity index (χ0n) is 18.9. The summed E-state index contributed by atoms with van der Waals surface area (Å²) >= 11 is 0. The van der Waals surface area contributed by atoms with E-state index in [1.165, 1.54) is 7.11 Å². The molecule has 4 rings (SSSR count). The van der Waals surface area contributed by atoms with Gasteiger partial charge in [0, 0.05) is 11.6 Å². The van der Waals surface area contributed by atoms with Crippen LogP contribution in [0.1, 0.15) is 19.4 Å². The van der Waals surface area contributed by atoms with Gasteiger partial charge < -0.3 is 4.74 Å². The van der Waals surface area contributed by atoms with Crippen LogP contribution in [0.15, 0.2) is 24.3 Å². The number of hydrogen-bond acceptors (Lipinski definition) is 4. The molecule has 1 amide bonds. The van der Waals surface area contributed by atoms with Crippen molar-refractivity contribution in [2.75, 3.05) is 18.7 Å². The Hall–Kier alpha value is -1.36. The third-order valence-corrected chi connectivity index (χ3v) is 5.47. The minimum absolute atomic E-state index is 0. The van der Waals surface area contributed by atoms with Crippen molar-refractivity contribution in [1.82, 2.24) is 4.90 Å². The van der Waals surface area contributed by atoms with Gasteiger partial charge in [0.05, 0.1) is 19.8 Å². The maximum atomic E-state index is 13.3. The molecule has 2 aliphatic carbocycles. The van der Waals surface area contributed by atoms with Gasteiger partial charge in [0.25, 0.3) is 0 Å². The molecule has 0 N–H and O–H groups in total. The summed E-state index contributed by atoms with van der Waals surface area (Å²) in [6.07, 6.45) is 17.7. The molecule has 0 aromatic heterocycles. The van der Waals surface area contributed by atoms with E-state index in [0.717, 1.165) is 17.2 Å². The summed E-state index contributed by atoms with van der Waals surface area (Å²) in [6.45, 7) is 6.32. The predicted molar refractivity (Wildman–Crippen MR) is 122 cm³/mol. The standard InChI is InChI=1S/C21H25N2O3.C5H5.Fe/c1-14(2)18(21(25)26-4)23-13-22(17-11-9-15(3)10-12-17)20(24)19(23)16-7-5-6-8-16;1-2-4-5-3-1;/h5-12,14,18-19H,13H2,1-4H3;1-5H;/q;;+2/t18-,19+;;/m0../s1. The first-order valence-electron chi connectivity index (χ1n) is 10.5. The van der Waals surface area contributed by atoms with Crippen LogP contribution in [0.2, 0.25) is 0 Å². The summed E-state index contributed by atoms with van der Waals surface area (Å²) in [4.78, 5) is 29.4. The van der Waals surface area contributed by atoms with Crippen LogP contribution in [0.3, 0.4) is 0 Å². The van der Waals surface area contributed by atoms with Crippen molar-refractivity contribution in [3.63, 3.8) is 0 Å². The van der Waals surface area contributed by atoms with Crippen molar-refractivity contribution in [2.24, 2.45) is 5.92 Å². The van der Waals surface area contributed by atoms with Crippen LogP contribution in [0.4, 0.5) is 5.69 Å². The molecular weight excluding hydrogens is 444 g/mol. The Morgan fingerprint density at radius 2 is 1.50 bits per heavy atom. The second-order valence-electron chi connectivity index (χ2n) is 8.05. The smallest absolute Gasteiger partial charge is 0.468 e. The Balaban J connectivity index is 0.000000534. The van der Waals surface area contributed by atoms with Gasteiger partial charge in [0.1, 0.15) is 6.04 Å². The Bertz CT molecular complexity index is 719. The van der Waals surface area contributed by atoms with Crippen molar-refractivity contribution < 1.29 is 31.4 Å². The summed E-state index contributed by atoms with van der Waals surface area (Å²) in [5, 5.41) is 0. The zero-order valence-corrected chi connectivity index (χ0v) is 20.0. The first-order chi connectivity index (χ1) is 14.9. The van der Waals surface area contributed by atoms with Gasteiger partial charge in [-0.25, -0.2) is 0 Å². The molecule has 32 heavy (non-hydrogen) atoms. The molecule has 0 bridgehead atoms. The normalized spacial score (nSPS) is 22.5. The molecule has 1 heterocycles. The zero-order chi connectivity index (χ0) is 22.4. The number of anilines is 1. The van der Waals surface area contributed by atoms with Crippen LogP contribution in [0.25, 0.3) is 0 Å². The number of nitrogens with zero attached hydrogens (tertiary/aromatic N) is 2. The number of methoxy groups -OCH3 is 1. The minimum Gasteiger partial charge on any atom is -0.468 e. The summed E-state index contributed by atoms with van der Waals surface area (Å²) in [5.41, 5.74) is 1.98. The van der Waals surface area contributed by atoms with Gasteiger partial charge in [-0.15, -0.1) is 0 Å². The van der Waals surface area contributed by atoms with E-state index in [4.69, 9.17) is 4.74 Å². The predicted octanol–water partition coefficient (Wildman–Crippen LogP) is 3.59. The van der Waals surface area contributed by atoms with Crippen LogP contribution < -0.4 is 4.90 Å². The number of rotatable bonds is 5. The summed E-state index contributed by atoms with van der Waals surface area (Å²) < 4.78 is 5.03. The molecule has 0 unspecified atom stereocenters. The fourth-order valence-electron chi connectivity index (χ4n) is 3.92. The molecular formula is C26H30FeN2O3+2. The summed E-state index contributed by atoms with van der Waals surface area (Å²) in [7, 11) is 1.39. The van der Waals surface area contributed by atoms with Crippen molar-refractivity contribution in [2.45, 2.75) is 32.9 Å². The molecule has 1 aromatic carbocycles. The topological polar surface area (TPSA) is 49.9 Å². The molecule has 0 spiro atoms. The van der Waals surface area contributed by atoms with Crippen LogP contribution in [-0.4, -0.2) is 42.6 Å². The van der Waals surface area contributed by atoms with Gasteiger partial charge in [-0.1, -0.05) is 31.5 Å².